The van der Waals surface area contributed by atoms with Crippen LogP contribution in [0.25, 0.3) is 0 Å². The molecular weight excluding hydrogens is 322 g/mol. The molecule has 0 unspecified atom stereocenters. The topological polar surface area (TPSA) is 52.0 Å². The summed E-state index contributed by atoms with van der Waals surface area (Å²) in [6.07, 6.45) is 0. The molecule has 0 radical (unpaired) electrons. The molecule has 23 heavy (non-hydrogen) atoms. The van der Waals surface area contributed by atoms with E-state index in [0.717, 1.165) is 0 Å². The summed E-state index contributed by atoms with van der Waals surface area (Å²) in [5.41, 5.74) is 5.32. The summed E-state index contributed by atoms with van der Waals surface area (Å²) >= 11 is 0. The van der Waals surface area contributed by atoms with E-state index < -0.39 is 62.8 Å². The quantitative estimate of drug-likeness (QED) is 0.495. The summed E-state index contributed by atoms with van der Waals surface area (Å²) in [6.45, 7) is 2.41. The first-order valence-corrected chi connectivity index (χ1v) is 6.37. The standard InChI is InChI=1S/C15H12F6N2/c1-15(2,5-3-7(16)11(20)13(22)9(5)18)6-4-8(17)12(21)14(23)10(6)19/h3-4H,22-23H2,1-2H3. The first kappa shape index (κ1) is 17.0. The van der Waals surface area contributed by atoms with Crippen molar-refractivity contribution >= 4 is 11.4 Å². The Morgan fingerprint density at radius 2 is 0.957 bits per heavy atom. The van der Waals surface area contributed by atoms with Gasteiger partial charge in [0.25, 0.3) is 0 Å². The highest BCUT2D eigenvalue weighted by Crippen LogP contribution is 2.39. The molecule has 2 rings (SSSR count). The van der Waals surface area contributed by atoms with Gasteiger partial charge in [0.1, 0.15) is 11.4 Å². The molecule has 0 aliphatic heterocycles. The van der Waals surface area contributed by atoms with Gasteiger partial charge in [-0.1, -0.05) is 13.8 Å². The van der Waals surface area contributed by atoms with Crippen molar-refractivity contribution in [1.82, 2.24) is 0 Å². The molecule has 0 aliphatic carbocycles. The molecule has 0 aliphatic rings. The van der Waals surface area contributed by atoms with Crippen LogP contribution >= 0.6 is 0 Å². The minimum atomic E-state index is -1.71. The van der Waals surface area contributed by atoms with E-state index >= 15 is 0 Å². The van der Waals surface area contributed by atoms with E-state index in [0.29, 0.717) is 12.1 Å². The Labute approximate surface area is 127 Å². The zero-order valence-corrected chi connectivity index (χ0v) is 12.1. The molecule has 8 heteroatoms. The fourth-order valence-electron chi connectivity index (χ4n) is 2.30. The maximum atomic E-state index is 14.2. The van der Waals surface area contributed by atoms with Crippen LogP contribution in [0.3, 0.4) is 0 Å². The third-order valence-corrected chi connectivity index (χ3v) is 3.73. The Balaban J connectivity index is 2.79. The van der Waals surface area contributed by atoms with Gasteiger partial charge in [-0.3, -0.25) is 0 Å². The molecule has 0 saturated heterocycles. The van der Waals surface area contributed by atoms with Gasteiger partial charge in [-0.15, -0.1) is 0 Å². The summed E-state index contributed by atoms with van der Waals surface area (Å²) in [6, 6.07) is 0.968. The molecule has 0 spiro atoms. The van der Waals surface area contributed by atoms with Crippen molar-refractivity contribution < 1.29 is 26.3 Å². The highest BCUT2D eigenvalue weighted by atomic mass is 19.2. The molecular formula is C15H12F6N2. The third-order valence-electron chi connectivity index (χ3n) is 3.73. The SMILES string of the molecule is CC(C)(c1cc(F)c(F)c(N)c1F)c1cc(F)c(F)c(N)c1F. The van der Waals surface area contributed by atoms with Gasteiger partial charge in [-0.05, 0) is 12.1 Å². The molecule has 2 aromatic rings. The maximum Gasteiger partial charge on any atom is 0.184 e. The Bertz CT molecular complexity index is 736. The van der Waals surface area contributed by atoms with Gasteiger partial charge in [0, 0.05) is 16.5 Å². The normalized spacial score (nSPS) is 11.8. The van der Waals surface area contributed by atoms with E-state index in [-0.39, 0.29) is 0 Å². The van der Waals surface area contributed by atoms with Crippen LogP contribution in [-0.4, -0.2) is 0 Å². The molecule has 124 valence electrons. The number of halogens is 6. The van der Waals surface area contributed by atoms with Crippen molar-refractivity contribution in [3.05, 3.63) is 58.2 Å². The Kier molecular flexibility index (Phi) is 3.96. The van der Waals surface area contributed by atoms with Gasteiger partial charge < -0.3 is 11.5 Å². The van der Waals surface area contributed by atoms with E-state index in [1.54, 1.807) is 0 Å². The lowest BCUT2D eigenvalue weighted by Crippen LogP contribution is -2.25. The fourth-order valence-corrected chi connectivity index (χ4v) is 2.30. The first-order chi connectivity index (χ1) is 10.5. The summed E-state index contributed by atoms with van der Waals surface area (Å²) < 4.78 is 82.0. The highest BCUT2D eigenvalue weighted by Gasteiger charge is 2.34. The smallest absolute Gasteiger partial charge is 0.184 e. The predicted octanol–water partition coefficient (Wildman–Crippen LogP) is 4.01. The molecule has 2 aromatic carbocycles. The van der Waals surface area contributed by atoms with Crippen molar-refractivity contribution in [2.45, 2.75) is 19.3 Å². The molecule has 0 atom stereocenters. The second-order valence-electron chi connectivity index (χ2n) is 5.52. The van der Waals surface area contributed by atoms with Crippen molar-refractivity contribution in [3.63, 3.8) is 0 Å². The predicted molar refractivity (Wildman–Crippen MR) is 73.6 cm³/mol. The Morgan fingerprint density at radius 1 is 0.652 bits per heavy atom. The molecule has 2 nitrogen and oxygen atoms in total. The second kappa shape index (κ2) is 5.36. The number of nitrogens with two attached hydrogens (primary N) is 2. The highest BCUT2D eigenvalue weighted by molar-refractivity contribution is 5.54. The molecule has 4 N–H and O–H groups in total. The lowest BCUT2D eigenvalue weighted by Gasteiger charge is -2.28. The number of hydrogen-bond donors (Lipinski definition) is 2. The van der Waals surface area contributed by atoms with Crippen LogP contribution in [0, 0.1) is 34.9 Å². The van der Waals surface area contributed by atoms with Gasteiger partial charge in [0.05, 0.1) is 0 Å². The van der Waals surface area contributed by atoms with Crippen molar-refractivity contribution in [2.75, 3.05) is 11.5 Å². The van der Waals surface area contributed by atoms with Crippen LogP contribution in [0.5, 0.6) is 0 Å². The lowest BCUT2D eigenvalue weighted by molar-refractivity contribution is 0.463. The van der Waals surface area contributed by atoms with Crippen LogP contribution in [0.4, 0.5) is 37.7 Å². The van der Waals surface area contributed by atoms with E-state index in [9.17, 15) is 26.3 Å². The molecule has 0 aromatic heterocycles. The second-order valence-corrected chi connectivity index (χ2v) is 5.52. The van der Waals surface area contributed by atoms with E-state index in [2.05, 4.69) is 0 Å². The van der Waals surface area contributed by atoms with Crippen molar-refractivity contribution in [2.24, 2.45) is 0 Å². The number of hydrogen-bond acceptors (Lipinski definition) is 2. The summed E-state index contributed by atoms with van der Waals surface area (Å²) in [5.74, 6) is -8.74. The average Bonchev–Trinajstić information content (AvgIpc) is 2.49. The molecule has 0 heterocycles. The number of rotatable bonds is 2. The summed E-state index contributed by atoms with van der Waals surface area (Å²) in [5, 5.41) is 0. The Morgan fingerprint density at radius 3 is 1.26 bits per heavy atom. The number of anilines is 2. The molecule has 0 bridgehead atoms. The monoisotopic (exact) mass is 334 g/mol. The van der Waals surface area contributed by atoms with Crippen LogP contribution in [0.2, 0.25) is 0 Å². The van der Waals surface area contributed by atoms with Crippen LogP contribution in [0.1, 0.15) is 25.0 Å². The van der Waals surface area contributed by atoms with Crippen molar-refractivity contribution in [3.8, 4) is 0 Å². The van der Waals surface area contributed by atoms with E-state index in [4.69, 9.17) is 11.5 Å². The van der Waals surface area contributed by atoms with Gasteiger partial charge in [-0.2, -0.15) is 0 Å². The largest absolute Gasteiger partial charge is 0.394 e. The molecule has 0 fully saturated rings. The minimum absolute atomic E-state index is 0.484. The van der Waals surface area contributed by atoms with Gasteiger partial charge in [-0.25, -0.2) is 26.3 Å². The van der Waals surface area contributed by atoms with E-state index in [1.807, 2.05) is 0 Å². The van der Waals surface area contributed by atoms with Crippen molar-refractivity contribution in [1.29, 1.82) is 0 Å². The number of benzene rings is 2. The van der Waals surface area contributed by atoms with Gasteiger partial charge >= 0.3 is 0 Å². The lowest BCUT2D eigenvalue weighted by atomic mass is 9.77. The minimum Gasteiger partial charge on any atom is -0.394 e. The third kappa shape index (κ3) is 2.47. The average molecular weight is 334 g/mol. The Hall–Kier alpha value is -2.38. The van der Waals surface area contributed by atoms with E-state index in [1.165, 1.54) is 13.8 Å². The van der Waals surface area contributed by atoms with Crippen LogP contribution < -0.4 is 11.5 Å². The zero-order valence-electron chi connectivity index (χ0n) is 12.1. The van der Waals surface area contributed by atoms with Crippen LogP contribution in [-0.2, 0) is 5.41 Å². The molecule has 0 saturated carbocycles. The first-order valence-electron chi connectivity index (χ1n) is 6.37. The van der Waals surface area contributed by atoms with Crippen LogP contribution in [0.15, 0.2) is 12.1 Å². The maximum absolute atomic E-state index is 14.2. The number of nitrogen functional groups attached to an aromatic ring is 2. The van der Waals surface area contributed by atoms with Gasteiger partial charge in [0.2, 0.25) is 0 Å². The zero-order chi connectivity index (χ0) is 17.7. The fraction of sp³-hybridized carbons (Fsp3) is 0.200. The van der Waals surface area contributed by atoms with Gasteiger partial charge in [0.15, 0.2) is 34.9 Å². The molecule has 0 amide bonds. The summed E-state index contributed by atoms with van der Waals surface area (Å²) in [7, 11) is 0. The summed E-state index contributed by atoms with van der Waals surface area (Å²) in [4.78, 5) is 0.